The van der Waals surface area contributed by atoms with Crippen LogP contribution >= 0.6 is 0 Å². The molecular weight excluding hydrogens is 340 g/mol. The summed E-state index contributed by atoms with van der Waals surface area (Å²) in [7, 11) is 0. The van der Waals surface area contributed by atoms with Crippen LogP contribution < -0.4 is 5.32 Å². The lowest BCUT2D eigenvalue weighted by molar-refractivity contribution is -0.187. The lowest BCUT2D eigenvalue weighted by Gasteiger charge is -2.68. The Morgan fingerprint density at radius 3 is 2.56 bits per heavy atom. The van der Waals surface area contributed by atoms with Gasteiger partial charge in [0.05, 0.1) is 24.4 Å². The number of carboxylic acids is 1. The van der Waals surface area contributed by atoms with Crippen molar-refractivity contribution in [3.63, 3.8) is 0 Å². The highest BCUT2D eigenvalue weighted by atomic mass is 16.4. The zero-order chi connectivity index (χ0) is 18.5. The summed E-state index contributed by atoms with van der Waals surface area (Å²) in [4.78, 5) is 11.0. The molecule has 2 aromatic rings. The molecule has 1 heterocycles. The highest BCUT2D eigenvalue weighted by molar-refractivity contribution is 5.71. The highest BCUT2D eigenvalue weighted by Crippen LogP contribution is 2.72. The number of benzene rings is 1. The largest absolute Gasteiger partial charge is 0.481 e. The number of rotatable bonds is 6. The fraction of sp³-hybridized carbons (Fsp3) is 0.571. The van der Waals surface area contributed by atoms with Gasteiger partial charge in [-0.3, -0.25) is 4.79 Å². The number of nitrogens with one attached hydrogen (secondary N) is 1. The smallest absolute Gasteiger partial charge is 0.306 e. The van der Waals surface area contributed by atoms with Gasteiger partial charge in [0.1, 0.15) is 0 Å². The number of nitrogens with zero attached hydrogens (tertiary/aromatic N) is 3. The maximum Gasteiger partial charge on any atom is 0.306 e. The van der Waals surface area contributed by atoms with Gasteiger partial charge in [0, 0.05) is 12.6 Å². The van der Waals surface area contributed by atoms with Crippen LogP contribution in [0.1, 0.15) is 49.8 Å². The molecule has 142 valence electrons. The third kappa shape index (κ3) is 3.06. The molecule has 0 aliphatic heterocycles. The van der Waals surface area contributed by atoms with E-state index in [0.29, 0.717) is 16.9 Å². The second-order valence-electron chi connectivity index (χ2n) is 9.15. The van der Waals surface area contributed by atoms with Crippen LogP contribution in [0.4, 0.5) is 0 Å². The predicted molar refractivity (Wildman–Crippen MR) is 99.9 cm³/mol. The molecule has 2 N–H and O–H groups in total. The van der Waals surface area contributed by atoms with E-state index < -0.39 is 5.97 Å². The number of aliphatic carboxylic acids is 1. The van der Waals surface area contributed by atoms with E-state index in [4.69, 9.17) is 5.11 Å². The number of aromatic nitrogens is 3. The highest BCUT2D eigenvalue weighted by Gasteiger charge is 2.64. The Hall–Kier alpha value is -2.21. The maximum atomic E-state index is 11.0. The van der Waals surface area contributed by atoms with Crippen molar-refractivity contribution < 1.29 is 9.90 Å². The van der Waals surface area contributed by atoms with Gasteiger partial charge in [-0.25, -0.2) is 4.68 Å². The van der Waals surface area contributed by atoms with Gasteiger partial charge in [0.25, 0.3) is 0 Å². The quantitative estimate of drug-likeness (QED) is 0.822. The molecule has 3 fully saturated rings. The van der Waals surface area contributed by atoms with Gasteiger partial charge in [-0.15, -0.1) is 5.10 Å². The molecule has 0 saturated heterocycles. The van der Waals surface area contributed by atoms with Crippen molar-refractivity contribution in [1.82, 2.24) is 20.3 Å². The van der Waals surface area contributed by atoms with Crippen LogP contribution in [-0.2, 0) is 17.9 Å². The van der Waals surface area contributed by atoms with Gasteiger partial charge in [-0.1, -0.05) is 35.5 Å². The lowest BCUT2D eigenvalue weighted by atomic mass is 9.37. The van der Waals surface area contributed by atoms with Crippen LogP contribution in [0.25, 0.3) is 0 Å². The number of hydrogen-bond acceptors (Lipinski definition) is 4. The van der Waals surface area contributed by atoms with Crippen molar-refractivity contribution in [3.8, 4) is 0 Å². The minimum Gasteiger partial charge on any atom is -0.481 e. The Balaban J connectivity index is 1.08. The molecule has 3 aliphatic carbocycles. The van der Waals surface area contributed by atoms with Gasteiger partial charge in [-0.2, -0.15) is 0 Å². The SMILES string of the molecule is O=C(O)C1CC2(C1)CC1(CC(NCc3cnnn3Cc3ccccc3)C1)C2. The molecule has 1 aromatic carbocycles. The second-order valence-corrected chi connectivity index (χ2v) is 9.15. The Kier molecular flexibility index (Phi) is 3.86. The standard InChI is InChI=1S/C21H26N4O2/c26-19(27)16-6-20(7-16)13-21(14-20)8-17(9-21)22-10-18-11-23-24-25(18)12-15-4-2-1-3-5-15/h1-5,11,16-17,22H,6-10,12-14H2,(H,26,27). The first-order valence-electron chi connectivity index (χ1n) is 9.92. The summed E-state index contributed by atoms with van der Waals surface area (Å²) in [5.74, 6) is -0.677. The first-order chi connectivity index (χ1) is 13.0. The molecule has 6 nitrogen and oxygen atoms in total. The van der Waals surface area contributed by atoms with Crippen molar-refractivity contribution in [2.75, 3.05) is 0 Å². The monoisotopic (exact) mass is 366 g/mol. The molecule has 1 aromatic heterocycles. The minimum atomic E-state index is -0.601. The van der Waals surface area contributed by atoms with Crippen LogP contribution in [0.2, 0.25) is 0 Å². The Morgan fingerprint density at radius 1 is 1.15 bits per heavy atom. The van der Waals surface area contributed by atoms with Gasteiger partial charge < -0.3 is 10.4 Å². The van der Waals surface area contributed by atoms with Crippen LogP contribution in [-0.4, -0.2) is 32.1 Å². The molecule has 0 unspecified atom stereocenters. The first kappa shape index (κ1) is 16.9. The zero-order valence-corrected chi connectivity index (χ0v) is 15.5. The van der Waals surface area contributed by atoms with Crippen molar-refractivity contribution in [2.24, 2.45) is 16.7 Å². The van der Waals surface area contributed by atoms with Gasteiger partial charge in [-0.05, 0) is 54.9 Å². The average molecular weight is 366 g/mol. The Bertz CT molecular complexity index is 825. The van der Waals surface area contributed by atoms with E-state index in [1.54, 1.807) is 0 Å². The summed E-state index contributed by atoms with van der Waals surface area (Å²) in [5, 5.41) is 21.1. The van der Waals surface area contributed by atoms with Crippen LogP contribution in [0.15, 0.2) is 36.5 Å². The normalized spacial score (nSPS) is 34.1. The predicted octanol–water partition coefficient (Wildman–Crippen LogP) is 2.84. The first-order valence-corrected chi connectivity index (χ1v) is 9.92. The van der Waals surface area contributed by atoms with E-state index in [2.05, 4.69) is 27.8 Å². The molecular formula is C21H26N4O2. The zero-order valence-electron chi connectivity index (χ0n) is 15.5. The van der Waals surface area contributed by atoms with Crippen LogP contribution in [0.5, 0.6) is 0 Å². The number of carbonyl (C=O) groups is 1. The van der Waals surface area contributed by atoms with E-state index in [9.17, 15) is 4.79 Å². The molecule has 3 aliphatic rings. The molecule has 0 bridgehead atoms. The summed E-state index contributed by atoms with van der Waals surface area (Å²) in [6.07, 6.45) is 8.62. The van der Waals surface area contributed by atoms with E-state index in [1.807, 2.05) is 29.1 Å². The molecule has 6 heteroatoms. The van der Waals surface area contributed by atoms with Gasteiger partial charge in [0.15, 0.2) is 0 Å². The molecule has 27 heavy (non-hydrogen) atoms. The fourth-order valence-corrected chi connectivity index (χ4v) is 5.96. The van der Waals surface area contributed by atoms with E-state index in [-0.39, 0.29) is 5.92 Å². The molecule has 3 saturated carbocycles. The van der Waals surface area contributed by atoms with Crippen molar-refractivity contribution in [2.45, 2.75) is 57.7 Å². The summed E-state index contributed by atoms with van der Waals surface area (Å²) in [6, 6.07) is 10.9. The van der Waals surface area contributed by atoms with Gasteiger partial charge in [0.2, 0.25) is 0 Å². The Morgan fingerprint density at radius 2 is 1.85 bits per heavy atom. The third-order valence-corrected chi connectivity index (χ3v) is 7.01. The number of carboxylic acid groups (broad SMARTS) is 1. The van der Waals surface area contributed by atoms with Crippen molar-refractivity contribution >= 4 is 5.97 Å². The molecule has 0 atom stereocenters. The van der Waals surface area contributed by atoms with Crippen LogP contribution in [0.3, 0.4) is 0 Å². The van der Waals surface area contributed by atoms with E-state index in [1.165, 1.54) is 31.2 Å². The molecule has 0 radical (unpaired) electrons. The van der Waals surface area contributed by atoms with E-state index >= 15 is 0 Å². The summed E-state index contributed by atoms with van der Waals surface area (Å²) in [5.41, 5.74) is 3.23. The minimum absolute atomic E-state index is 0.0752. The third-order valence-electron chi connectivity index (χ3n) is 7.01. The maximum absolute atomic E-state index is 11.0. The summed E-state index contributed by atoms with van der Waals surface area (Å²) < 4.78 is 1.97. The molecule has 0 amide bonds. The second kappa shape index (κ2) is 6.16. The van der Waals surface area contributed by atoms with Crippen molar-refractivity contribution in [3.05, 3.63) is 47.8 Å². The lowest BCUT2D eigenvalue weighted by Crippen LogP contribution is -2.62. The van der Waals surface area contributed by atoms with E-state index in [0.717, 1.165) is 31.6 Å². The van der Waals surface area contributed by atoms with Crippen molar-refractivity contribution in [1.29, 1.82) is 0 Å². The van der Waals surface area contributed by atoms with Gasteiger partial charge >= 0.3 is 5.97 Å². The number of hydrogen-bond donors (Lipinski definition) is 2. The Labute approximate surface area is 159 Å². The topological polar surface area (TPSA) is 80.0 Å². The summed E-state index contributed by atoms with van der Waals surface area (Å²) in [6.45, 7) is 1.55. The molecule has 2 spiro atoms. The summed E-state index contributed by atoms with van der Waals surface area (Å²) >= 11 is 0. The fourth-order valence-electron chi connectivity index (χ4n) is 5.96. The molecule has 5 rings (SSSR count). The average Bonchev–Trinajstić information content (AvgIpc) is 2.98. The van der Waals surface area contributed by atoms with Crippen LogP contribution in [0, 0.1) is 16.7 Å².